The van der Waals surface area contributed by atoms with Crippen LogP contribution in [-0.4, -0.2) is 18.0 Å². The second-order valence-electron chi connectivity index (χ2n) is 5.80. The Labute approximate surface area is 154 Å². The predicted molar refractivity (Wildman–Crippen MR) is 101 cm³/mol. The quantitative estimate of drug-likeness (QED) is 0.608. The minimum atomic E-state index is -0.456. The van der Waals surface area contributed by atoms with Crippen molar-refractivity contribution in [1.82, 2.24) is 5.32 Å². The number of rotatable bonds is 6. The molecule has 0 aliphatic rings. The van der Waals surface area contributed by atoms with E-state index in [-0.39, 0.29) is 36.8 Å². The molecule has 1 amide bonds. The van der Waals surface area contributed by atoms with Crippen LogP contribution in [0, 0.1) is 0 Å². The summed E-state index contributed by atoms with van der Waals surface area (Å²) in [4.78, 5) is 24.4. The van der Waals surface area contributed by atoms with Gasteiger partial charge in [0.05, 0.1) is 18.6 Å². The normalized spacial score (nSPS) is 11.3. The van der Waals surface area contributed by atoms with Crippen LogP contribution in [-0.2, 0) is 9.53 Å². The number of benzene rings is 2. The molecule has 0 aliphatic carbocycles. The van der Waals surface area contributed by atoms with Gasteiger partial charge in [0, 0.05) is 11.3 Å². The molecule has 1 unspecified atom stereocenters. The van der Waals surface area contributed by atoms with E-state index in [9.17, 15) is 9.59 Å². The molecule has 0 bridgehead atoms. The number of halogens is 1. The third-order valence-corrected chi connectivity index (χ3v) is 3.42. The maximum atomic E-state index is 12.4. The molecule has 0 fully saturated rings. The van der Waals surface area contributed by atoms with Crippen LogP contribution in [0.25, 0.3) is 0 Å². The van der Waals surface area contributed by atoms with Gasteiger partial charge < -0.3 is 15.8 Å². The van der Waals surface area contributed by atoms with Gasteiger partial charge >= 0.3 is 5.97 Å². The fourth-order valence-corrected chi connectivity index (χ4v) is 2.29. The van der Waals surface area contributed by atoms with Crippen molar-refractivity contribution in [2.75, 3.05) is 5.73 Å². The number of esters is 1. The lowest BCUT2D eigenvalue weighted by Crippen LogP contribution is -2.31. The van der Waals surface area contributed by atoms with E-state index in [1.54, 1.807) is 38.1 Å². The van der Waals surface area contributed by atoms with E-state index < -0.39 is 6.04 Å². The van der Waals surface area contributed by atoms with Gasteiger partial charge in [0.1, 0.15) is 0 Å². The van der Waals surface area contributed by atoms with Gasteiger partial charge in [0.15, 0.2) is 0 Å². The van der Waals surface area contributed by atoms with E-state index in [1.807, 2.05) is 30.3 Å². The van der Waals surface area contributed by atoms with Crippen LogP contribution in [0.15, 0.2) is 54.6 Å². The Morgan fingerprint density at radius 2 is 1.64 bits per heavy atom. The Morgan fingerprint density at radius 3 is 2.20 bits per heavy atom. The second-order valence-corrected chi connectivity index (χ2v) is 5.80. The Hall–Kier alpha value is -2.53. The number of carbonyl (C=O) groups is 2. The summed E-state index contributed by atoms with van der Waals surface area (Å²) >= 11 is 0. The highest BCUT2D eigenvalue weighted by molar-refractivity contribution is 5.95. The molecular weight excluding hydrogens is 340 g/mol. The highest BCUT2D eigenvalue weighted by Crippen LogP contribution is 2.19. The summed E-state index contributed by atoms with van der Waals surface area (Å²) in [5, 5.41) is 2.89. The van der Waals surface area contributed by atoms with Gasteiger partial charge in [-0.25, -0.2) is 0 Å². The largest absolute Gasteiger partial charge is 0.463 e. The zero-order valence-corrected chi connectivity index (χ0v) is 15.1. The first-order valence-corrected chi connectivity index (χ1v) is 7.86. The lowest BCUT2D eigenvalue weighted by atomic mass is 10.0. The standard InChI is InChI=1S/C19H22N2O3.ClH/c1-13(2)24-18(22)12-17(14-6-4-3-5-7-14)21-19(23)15-8-10-16(20)11-9-15;/h3-11,13,17H,12,20H2,1-2H3,(H,21,23);1H. The van der Waals surface area contributed by atoms with E-state index in [0.717, 1.165) is 5.56 Å². The van der Waals surface area contributed by atoms with E-state index in [4.69, 9.17) is 10.5 Å². The summed E-state index contributed by atoms with van der Waals surface area (Å²) in [6.45, 7) is 3.59. The molecule has 0 saturated carbocycles. The molecule has 6 heteroatoms. The summed E-state index contributed by atoms with van der Waals surface area (Å²) in [6, 6.07) is 15.5. The smallest absolute Gasteiger partial charge is 0.308 e. The molecule has 3 N–H and O–H groups in total. The average Bonchev–Trinajstić information content (AvgIpc) is 2.55. The van der Waals surface area contributed by atoms with Gasteiger partial charge in [-0.3, -0.25) is 9.59 Å². The molecule has 5 nitrogen and oxygen atoms in total. The summed E-state index contributed by atoms with van der Waals surface area (Å²) in [5.74, 6) is -0.613. The topological polar surface area (TPSA) is 81.4 Å². The molecule has 1 atom stereocenters. The Morgan fingerprint density at radius 1 is 1.04 bits per heavy atom. The molecule has 2 aromatic rings. The molecule has 0 radical (unpaired) electrons. The maximum absolute atomic E-state index is 12.4. The second kappa shape index (κ2) is 9.69. The maximum Gasteiger partial charge on any atom is 0.308 e. The van der Waals surface area contributed by atoms with Crippen molar-refractivity contribution < 1.29 is 14.3 Å². The lowest BCUT2D eigenvalue weighted by molar-refractivity contribution is -0.147. The molecule has 2 rings (SSSR count). The number of nitrogens with one attached hydrogen (secondary N) is 1. The average molecular weight is 363 g/mol. The van der Waals surface area contributed by atoms with E-state index >= 15 is 0 Å². The molecule has 0 saturated heterocycles. The first-order valence-electron chi connectivity index (χ1n) is 7.86. The van der Waals surface area contributed by atoms with Crippen LogP contribution >= 0.6 is 12.4 Å². The zero-order chi connectivity index (χ0) is 17.5. The van der Waals surface area contributed by atoms with Crippen molar-refractivity contribution in [3.63, 3.8) is 0 Å². The number of anilines is 1. The highest BCUT2D eigenvalue weighted by atomic mass is 35.5. The van der Waals surface area contributed by atoms with Crippen LogP contribution in [0.2, 0.25) is 0 Å². The fraction of sp³-hybridized carbons (Fsp3) is 0.263. The summed E-state index contributed by atoms with van der Waals surface area (Å²) in [7, 11) is 0. The fourth-order valence-electron chi connectivity index (χ4n) is 2.29. The summed E-state index contributed by atoms with van der Waals surface area (Å²) < 4.78 is 5.20. The van der Waals surface area contributed by atoms with Gasteiger partial charge in [-0.05, 0) is 43.7 Å². The van der Waals surface area contributed by atoms with Crippen LogP contribution < -0.4 is 11.1 Å². The van der Waals surface area contributed by atoms with Crippen molar-refractivity contribution in [2.45, 2.75) is 32.4 Å². The number of nitrogen functional groups attached to an aromatic ring is 1. The van der Waals surface area contributed by atoms with Crippen LogP contribution in [0.5, 0.6) is 0 Å². The molecule has 0 heterocycles. The van der Waals surface area contributed by atoms with Gasteiger partial charge in [-0.2, -0.15) is 0 Å². The van der Waals surface area contributed by atoms with E-state index in [2.05, 4.69) is 5.32 Å². The van der Waals surface area contributed by atoms with Crippen molar-refractivity contribution in [3.8, 4) is 0 Å². The van der Waals surface area contributed by atoms with Crippen molar-refractivity contribution in [3.05, 3.63) is 65.7 Å². The number of nitrogens with two attached hydrogens (primary N) is 1. The molecular formula is C19H23ClN2O3. The SMILES string of the molecule is CC(C)OC(=O)CC(NC(=O)c1ccc(N)cc1)c1ccccc1.Cl. The summed E-state index contributed by atoms with van der Waals surface area (Å²) in [5.41, 5.74) is 7.57. The summed E-state index contributed by atoms with van der Waals surface area (Å²) in [6.07, 6.45) is -0.121. The van der Waals surface area contributed by atoms with Crippen LogP contribution in [0.1, 0.15) is 42.2 Å². The van der Waals surface area contributed by atoms with Gasteiger partial charge in [-0.15, -0.1) is 12.4 Å². The highest BCUT2D eigenvalue weighted by Gasteiger charge is 2.20. The molecule has 2 aromatic carbocycles. The zero-order valence-electron chi connectivity index (χ0n) is 14.3. The molecule has 0 aliphatic heterocycles. The number of carbonyl (C=O) groups excluding carboxylic acids is 2. The van der Waals surface area contributed by atoms with Gasteiger partial charge in [0.2, 0.25) is 0 Å². The molecule has 0 spiro atoms. The predicted octanol–water partition coefficient (Wildman–Crippen LogP) is 3.50. The molecule has 134 valence electrons. The minimum Gasteiger partial charge on any atom is -0.463 e. The Balaban J connectivity index is 0.00000312. The number of hydrogen-bond acceptors (Lipinski definition) is 4. The van der Waals surface area contributed by atoms with Gasteiger partial charge in [-0.1, -0.05) is 30.3 Å². The number of ether oxygens (including phenoxy) is 1. The molecule has 0 aromatic heterocycles. The van der Waals surface area contributed by atoms with Crippen molar-refractivity contribution >= 4 is 30.0 Å². The number of hydrogen-bond donors (Lipinski definition) is 2. The van der Waals surface area contributed by atoms with Crippen LogP contribution in [0.4, 0.5) is 5.69 Å². The third-order valence-electron chi connectivity index (χ3n) is 3.42. The first-order chi connectivity index (χ1) is 11.5. The Kier molecular flexibility index (Phi) is 7.95. The Bertz CT molecular complexity index is 688. The first kappa shape index (κ1) is 20.5. The minimum absolute atomic E-state index is 0. The van der Waals surface area contributed by atoms with Crippen LogP contribution in [0.3, 0.4) is 0 Å². The number of amides is 1. The van der Waals surface area contributed by atoms with Crippen molar-refractivity contribution in [2.24, 2.45) is 0 Å². The third kappa shape index (κ3) is 6.47. The van der Waals surface area contributed by atoms with E-state index in [1.165, 1.54) is 0 Å². The van der Waals surface area contributed by atoms with Crippen molar-refractivity contribution in [1.29, 1.82) is 0 Å². The van der Waals surface area contributed by atoms with E-state index in [0.29, 0.717) is 11.3 Å². The molecule has 25 heavy (non-hydrogen) atoms. The monoisotopic (exact) mass is 362 g/mol. The lowest BCUT2D eigenvalue weighted by Gasteiger charge is -2.19. The van der Waals surface area contributed by atoms with Gasteiger partial charge in [0.25, 0.3) is 5.91 Å².